The van der Waals surface area contributed by atoms with Crippen LogP contribution in [0.2, 0.25) is 0 Å². The zero-order chi connectivity index (χ0) is 22.0. The highest BCUT2D eigenvalue weighted by molar-refractivity contribution is 6.04. The van der Waals surface area contributed by atoms with E-state index in [4.69, 9.17) is 4.74 Å². The Kier molecular flexibility index (Phi) is 13.5. The molecule has 0 unspecified atom stereocenters. The smallest absolute Gasteiger partial charge is 0.338 e. The maximum atomic E-state index is 12.4. The van der Waals surface area contributed by atoms with E-state index in [0.717, 1.165) is 23.6 Å². The van der Waals surface area contributed by atoms with Crippen LogP contribution in [0.4, 0.5) is 0 Å². The Hall–Kier alpha value is -2.09. The molecule has 0 N–H and O–H groups in total. The fourth-order valence-corrected chi connectivity index (χ4v) is 4.00. The highest BCUT2D eigenvalue weighted by atomic mass is 16.5. The lowest BCUT2D eigenvalue weighted by Gasteiger charge is -2.07. The van der Waals surface area contributed by atoms with Gasteiger partial charge in [-0.2, -0.15) is 0 Å². The highest BCUT2D eigenvalue weighted by Gasteiger charge is 2.10. The molecule has 0 saturated heterocycles. The standard InChI is InChI=1S/C29H42O2/c1-2-3-4-5-6-7-8-9-10-11-12-13-14-15-16-19-25-31-29(30)28-24-20-22-26-21-17-18-23-27(26)28/h9-10,17-18,20-24H,2-8,11-16,19,25H2,1H3/b10-9-. The molecule has 0 radical (unpaired) electrons. The molecule has 2 rings (SSSR count). The van der Waals surface area contributed by atoms with Gasteiger partial charge in [0.2, 0.25) is 0 Å². The number of carbonyl (C=O) groups is 1. The van der Waals surface area contributed by atoms with E-state index in [1.165, 1.54) is 77.0 Å². The number of carbonyl (C=O) groups excluding carboxylic acids is 1. The molecule has 2 aromatic carbocycles. The second-order valence-electron chi connectivity index (χ2n) is 8.60. The summed E-state index contributed by atoms with van der Waals surface area (Å²) in [6.45, 7) is 2.79. The number of ether oxygens (including phenoxy) is 1. The van der Waals surface area contributed by atoms with Gasteiger partial charge >= 0.3 is 5.97 Å². The molecule has 0 spiro atoms. The van der Waals surface area contributed by atoms with Gasteiger partial charge in [0.1, 0.15) is 0 Å². The van der Waals surface area contributed by atoms with E-state index in [2.05, 4.69) is 19.1 Å². The third-order valence-electron chi connectivity index (χ3n) is 5.90. The van der Waals surface area contributed by atoms with E-state index in [9.17, 15) is 4.79 Å². The number of hydrogen-bond donors (Lipinski definition) is 0. The number of benzene rings is 2. The van der Waals surface area contributed by atoms with E-state index in [0.29, 0.717) is 12.2 Å². The van der Waals surface area contributed by atoms with Crippen molar-refractivity contribution in [2.24, 2.45) is 0 Å². The normalized spacial score (nSPS) is 11.4. The fraction of sp³-hybridized carbons (Fsp3) is 0.552. The summed E-state index contributed by atoms with van der Waals surface area (Å²) in [7, 11) is 0. The van der Waals surface area contributed by atoms with Crippen LogP contribution in [-0.4, -0.2) is 12.6 Å². The van der Waals surface area contributed by atoms with Crippen molar-refractivity contribution in [3.63, 3.8) is 0 Å². The van der Waals surface area contributed by atoms with Crippen LogP contribution in [0.15, 0.2) is 54.6 Å². The minimum absolute atomic E-state index is 0.204. The van der Waals surface area contributed by atoms with Crippen molar-refractivity contribution in [1.29, 1.82) is 0 Å². The second-order valence-corrected chi connectivity index (χ2v) is 8.60. The summed E-state index contributed by atoms with van der Waals surface area (Å²) in [5.74, 6) is -0.204. The summed E-state index contributed by atoms with van der Waals surface area (Å²) < 4.78 is 5.51. The molecule has 0 heterocycles. The molecule has 31 heavy (non-hydrogen) atoms. The maximum absolute atomic E-state index is 12.4. The van der Waals surface area contributed by atoms with E-state index < -0.39 is 0 Å². The average molecular weight is 423 g/mol. The zero-order valence-corrected chi connectivity index (χ0v) is 19.6. The molecule has 0 bridgehead atoms. The lowest BCUT2D eigenvalue weighted by Crippen LogP contribution is -2.07. The predicted molar refractivity (Wildman–Crippen MR) is 134 cm³/mol. The Morgan fingerprint density at radius 1 is 0.710 bits per heavy atom. The first kappa shape index (κ1) is 25.2. The molecule has 2 heteroatoms. The summed E-state index contributed by atoms with van der Waals surface area (Å²) in [4.78, 5) is 12.4. The molecular formula is C29H42O2. The van der Waals surface area contributed by atoms with Crippen LogP contribution >= 0.6 is 0 Å². The molecule has 0 atom stereocenters. The SMILES string of the molecule is CCCCCCCC/C=C\CCCCCCCCOC(=O)c1cccc2ccccc12. The van der Waals surface area contributed by atoms with Gasteiger partial charge in [-0.05, 0) is 48.9 Å². The van der Waals surface area contributed by atoms with E-state index in [-0.39, 0.29) is 5.97 Å². The first-order valence-electron chi connectivity index (χ1n) is 12.6. The first-order valence-corrected chi connectivity index (χ1v) is 12.6. The number of allylic oxidation sites excluding steroid dienone is 2. The summed E-state index contributed by atoms with van der Waals surface area (Å²) in [6, 6.07) is 13.8. The summed E-state index contributed by atoms with van der Waals surface area (Å²) in [6.07, 6.45) is 22.7. The lowest BCUT2D eigenvalue weighted by molar-refractivity contribution is 0.0500. The molecule has 0 fully saturated rings. The molecule has 0 amide bonds. The van der Waals surface area contributed by atoms with Gasteiger partial charge in [-0.1, -0.05) is 113 Å². The van der Waals surface area contributed by atoms with Gasteiger partial charge in [-0.3, -0.25) is 0 Å². The van der Waals surface area contributed by atoms with Crippen LogP contribution in [0, 0.1) is 0 Å². The quantitative estimate of drug-likeness (QED) is 0.144. The molecule has 0 aliphatic carbocycles. The maximum Gasteiger partial charge on any atom is 0.338 e. The van der Waals surface area contributed by atoms with Gasteiger partial charge in [0.25, 0.3) is 0 Å². The molecule has 0 saturated carbocycles. The van der Waals surface area contributed by atoms with Crippen LogP contribution in [0.5, 0.6) is 0 Å². The third-order valence-corrected chi connectivity index (χ3v) is 5.90. The Bertz CT molecular complexity index is 757. The van der Waals surface area contributed by atoms with Crippen molar-refractivity contribution in [3.05, 3.63) is 60.2 Å². The minimum atomic E-state index is -0.204. The number of rotatable bonds is 17. The number of unbranched alkanes of at least 4 members (excludes halogenated alkanes) is 12. The van der Waals surface area contributed by atoms with Gasteiger partial charge in [-0.15, -0.1) is 0 Å². The topological polar surface area (TPSA) is 26.3 Å². The Morgan fingerprint density at radius 2 is 1.29 bits per heavy atom. The van der Waals surface area contributed by atoms with E-state index >= 15 is 0 Å². The van der Waals surface area contributed by atoms with Crippen molar-refractivity contribution in [2.75, 3.05) is 6.61 Å². The van der Waals surface area contributed by atoms with Crippen molar-refractivity contribution in [3.8, 4) is 0 Å². The van der Waals surface area contributed by atoms with Crippen LogP contribution in [-0.2, 0) is 4.74 Å². The van der Waals surface area contributed by atoms with Gasteiger partial charge in [0.05, 0.1) is 12.2 Å². The Labute approximate surface area is 190 Å². The van der Waals surface area contributed by atoms with Gasteiger partial charge in [0.15, 0.2) is 0 Å². The Morgan fingerprint density at radius 3 is 2.00 bits per heavy atom. The molecule has 0 aliphatic rings. The van der Waals surface area contributed by atoms with Gasteiger partial charge in [0, 0.05) is 0 Å². The second kappa shape index (κ2) is 16.6. The minimum Gasteiger partial charge on any atom is -0.462 e. The van der Waals surface area contributed by atoms with Crippen LogP contribution in [0.1, 0.15) is 107 Å². The van der Waals surface area contributed by atoms with Crippen LogP contribution < -0.4 is 0 Å². The number of esters is 1. The molecule has 170 valence electrons. The molecule has 0 aliphatic heterocycles. The molecule has 0 aromatic heterocycles. The number of hydrogen-bond acceptors (Lipinski definition) is 2. The largest absolute Gasteiger partial charge is 0.462 e. The van der Waals surface area contributed by atoms with Crippen molar-refractivity contribution >= 4 is 16.7 Å². The average Bonchev–Trinajstić information content (AvgIpc) is 2.80. The molecule has 2 aromatic rings. The van der Waals surface area contributed by atoms with Crippen molar-refractivity contribution < 1.29 is 9.53 Å². The van der Waals surface area contributed by atoms with E-state index in [1.54, 1.807) is 0 Å². The predicted octanol–water partition coefficient (Wildman–Crippen LogP) is 9.03. The van der Waals surface area contributed by atoms with Gasteiger partial charge < -0.3 is 4.74 Å². The number of fused-ring (bicyclic) bond motifs is 1. The summed E-state index contributed by atoms with van der Waals surface area (Å²) >= 11 is 0. The summed E-state index contributed by atoms with van der Waals surface area (Å²) in [5.41, 5.74) is 0.669. The summed E-state index contributed by atoms with van der Waals surface area (Å²) in [5, 5.41) is 2.05. The van der Waals surface area contributed by atoms with Gasteiger partial charge in [-0.25, -0.2) is 4.79 Å². The van der Waals surface area contributed by atoms with Crippen molar-refractivity contribution in [2.45, 2.75) is 96.8 Å². The van der Waals surface area contributed by atoms with Crippen LogP contribution in [0.3, 0.4) is 0 Å². The fourth-order valence-electron chi connectivity index (χ4n) is 4.00. The first-order chi connectivity index (χ1) is 15.3. The third kappa shape index (κ3) is 10.7. The highest BCUT2D eigenvalue weighted by Crippen LogP contribution is 2.19. The lowest BCUT2D eigenvalue weighted by atomic mass is 10.0. The zero-order valence-electron chi connectivity index (χ0n) is 19.6. The van der Waals surface area contributed by atoms with E-state index in [1.807, 2.05) is 42.5 Å². The van der Waals surface area contributed by atoms with Crippen LogP contribution in [0.25, 0.3) is 10.8 Å². The monoisotopic (exact) mass is 422 g/mol. The Balaban J connectivity index is 1.42. The molecular weight excluding hydrogens is 380 g/mol. The molecule has 2 nitrogen and oxygen atoms in total. The van der Waals surface area contributed by atoms with Crippen molar-refractivity contribution in [1.82, 2.24) is 0 Å².